The van der Waals surface area contributed by atoms with E-state index in [-0.39, 0.29) is 17.0 Å². The molecule has 7 nitrogen and oxygen atoms in total. The molecule has 1 saturated carbocycles. The molecular weight excluding hydrogens is 472 g/mol. The quantitative estimate of drug-likeness (QED) is 0.507. The Kier molecular flexibility index (Phi) is 7.45. The van der Waals surface area contributed by atoms with Gasteiger partial charge in [-0.3, -0.25) is 4.79 Å². The van der Waals surface area contributed by atoms with Crippen molar-refractivity contribution in [2.24, 2.45) is 5.92 Å². The van der Waals surface area contributed by atoms with Gasteiger partial charge in [0.05, 0.1) is 16.5 Å². The van der Waals surface area contributed by atoms with Gasteiger partial charge in [0.2, 0.25) is 10.0 Å². The number of thioether (sulfide) groups is 1. The highest BCUT2D eigenvalue weighted by atomic mass is 32.2. The van der Waals surface area contributed by atoms with Crippen molar-refractivity contribution in [3.8, 4) is 5.75 Å². The number of benzene rings is 2. The van der Waals surface area contributed by atoms with Gasteiger partial charge in [0.1, 0.15) is 16.7 Å². The number of unbranched alkanes of at least 4 members (excludes halogenated alkanes) is 1. The minimum atomic E-state index is -3.77. The van der Waals surface area contributed by atoms with Crippen molar-refractivity contribution in [2.45, 2.75) is 61.0 Å². The van der Waals surface area contributed by atoms with Gasteiger partial charge in [0.15, 0.2) is 0 Å². The van der Waals surface area contributed by atoms with Crippen LogP contribution in [-0.2, 0) is 14.8 Å². The standard InChI is InChI=1S/C25H32N2O5S2/c1-4-5-9-19-16-27(18-10-7-6-8-11-18)21-14-23(33-3)22(15-24(21)34(30,31)26(19)2)32-20-12-17(13-20)25(28)29/h6-8,10-11,14-15,17,19-20H,4-5,9,12-13,16H2,1-3H3,(H,28,29)/t17-,19?,20+. The molecule has 2 aliphatic rings. The molecule has 9 heteroatoms. The summed E-state index contributed by atoms with van der Waals surface area (Å²) in [5, 5.41) is 9.18. The molecule has 2 aromatic rings. The summed E-state index contributed by atoms with van der Waals surface area (Å²) in [4.78, 5) is 14.3. The molecule has 4 rings (SSSR count). The minimum absolute atomic E-state index is 0.164. The number of hydrogen-bond acceptors (Lipinski definition) is 6. The molecule has 1 aliphatic heterocycles. The first-order chi connectivity index (χ1) is 16.3. The van der Waals surface area contributed by atoms with Crippen LogP contribution in [0.5, 0.6) is 5.75 Å². The van der Waals surface area contributed by atoms with Gasteiger partial charge in [0.25, 0.3) is 0 Å². The molecule has 0 spiro atoms. The van der Waals surface area contributed by atoms with Crippen molar-refractivity contribution in [2.75, 3.05) is 24.7 Å². The molecule has 0 amide bonds. The van der Waals surface area contributed by atoms with Gasteiger partial charge in [-0.1, -0.05) is 38.0 Å². The van der Waals surface area contributed by atoms with E-state index in [0.717, 1.165) is 29.8 Å². The molecule has 0 saturated heterocycles. The first-order valence-electron chi connectivity index (χ1n) is 11.7. The summed E-state index contributed by atoms with van der Waals surface area (Å²) < 4.78 is 35.2. The number of aliphatic carboxylic acids is 1. The van der Waals surface area contributed by atoms with Gasteiger partial charge in [0, 0.05) is 31.4 Å². The highest BCUT2D eigenvalue weighted by Gasteiger charge is 2.39. The second-order valence-corrected chi connectivity index (χ2v) is 11.8. The Morgan fingerprint density at radius 3 is 2.53 bits per heavy atom. The molecule has 1 heterocycles. The summed E-state index contributed by atoms with van der Waals surface area (Å²) in [6.07, 6.45) is 5.30. The SMILES string of the molecule is CCCCC1CN(c2ccccc2)c2cc(SC)c(O[C@H]3C[C@@H](C(=O)O)C3)cc2S(=O)(=O)N1C. The summed E-state index contributed by atoms with van der Waals surface area (Å²) >= 11 is 1.50. The molecule has 34 heavy (non-hydrogen) atoms. The zero-order chi connectivity index (χ0) is 24.5. The summed E-state index contributed by atoms with van der Waals surface area (Å²) in [7, 11) is -2.10. The lowest BCUT2D eigenvalue weighted by atomic mass is 9.82. The molecule has 1 atom stereocenters. The first kappa shape index (κ1) is 24.9. The topological polar surface area (TPSA) is 87.1 Å². The fraction of sp³-hybridized carbons (Fsp3) is 0.480. The maximum absolute atomic E-state index is 13.8. The Labute approximate surface area is 206 Å². The fourth-order valence-corrected chi connectivity index (χ4v) is 6.69. The number of hydrogen-bond donors (Lipinski definition) is 1. The fourth-order valence-electron chi connectivity index (χ4n) is 4.58. The normalized spacial score (nSPS) is 24.1. The molecule has 1 fully saturated rings. The number of carboxylic acids is 1. The number of rotatable bonds is 8. The highest BCUT2D eigenvalue weighted by Crippen LogP contribution is 2.44. The first-order valence-corrected chi connectivity index (χ1v) is 14.3. The minimum Gasteiger partial charge on any atom is -0.489 e. The van der Waals surface area contributed by atoms with E-state index in [1.54, 1.807) is 13.1 Å². The van der Waals surface area contributed by atoms with Crippen molar-refractivity contribution in [1.82, 2.24) is 4.31 Å². The zero-order valence-corrected chi connectivity index (χ0v) is 21.4. The van der Waals surface area contributed by atoms with Gasteiger partial charge in [-0.15, -0.1) is 11.8 Å². The van der Waals surface area contributed by atoms with E-state index in [4.69, 9.17) is 4.74 Å². The van der Waals surface area contributed by atoms with E-state index < -0.39 is 21.9 Å². The number of sulfonamides is 1. The number of carbonyl (C=O) groups is 1. The van der Waals surface area contributed by atoms with Crippen molar-refractivity contribution >= 4 is 39.1 Å². The van der Waals surface area contributed by atoms with Crippen LogP contribution >= 0.6 is 11.8 Å². The third-order valence-corrected chi connectivity index (χ3v) is 9.50. The zero-order valence-electron chi connectivity index (χ0n) is 19.8. The average Bonchev–Trinajstić information content (AvgIpc) is 2.87. The Morgan fingerprint density at radius 2 is 1.91 bits per heavy atom. The Balaban J connectivity index is 1.79. The molecule has 1 N–H and O–H groups in total. The van der Waals surface area contributed by atoms with Crippen LogP contribution in [0.4, 0.5) is 11.4 Å². The highest BCUT2D eigenvalue weighted by molar-refractivity contribution is 7.98. The number of carboxylic acid groups (broad SMARTS) is 1. The number of anilines is 2. The molecule has 0 radical (unpaired) electrons. The lowest BCUT2D eigenvalue weighted by Crippen LogP contribution is -2.40. The van der Waals surface area contributed by atoms with Crippen LogP contribution in [-0.4, -0.2) is 55.8 Å². The monoisotopic (exact) mass is 504 g/mol. The van der Waals surface area contributed by atoms with Crippen molar-refractivity contribution < 1.29 is 23.1 Å². The van der Waals surface area contributed by atoms with Crippen LogP contribution in [0.25, 0.3) is 0 Å². The summed E-state index contributed by atoms with van der Waals surface area (Å²) in [5.74, 6) is -0.712. The average molecular weight is 505 g/mol. The maximum Gasteiger partial charge on any atom is 0.306 e. The van der Waals surface area contributed by atoms with Crippen LogP contribution < -0.4 is 9.64 Å². The van der Waals surface area contributed by atoms with Gasteiger partial charge < -0.3 is 14.7 Å². The van der Waals surface area contributed by atoms with E-state index in [1.165, 1.54) is 16.1 Å². The number of likely N-dealkylation sites (N-methyl/N-ethyl adjacent to an activating group) is 1. The van der Waals surface area contributed by atoms with Gasteiger partial charge in [-0.25, -0.2) is 8.42 Å². The molecule has 0 bridgehead atoms. The Hall–Kier alpha value is -2.23. The van der Waals surface area contributed by atoms with Gasteiger partial charge >= 0.3 is 5.97 Å². The molecule has 2 aromatic carbocycles. The van der Waals surface area contributed by atoms with Crippen LogP contribution in [0.15, 0.2) is 52.3 Å². The van der Waals surface area contributed by atoms with Crippen molar-refractivity contribution in [3.63, 3.8) is 0 Å². The van der Waals surface area contributed by atoms with E-state index >= 15 is 0 Å². The second-order valence-electron chi connectivity index (χ2n) is 8.98. The lowest BCUT2D eigenvalue weighted by Gasteiger charge is -2.33. The van der Waals surface area contributed by atoms with E-state index in [0.29, 0.717) is 30.8 Å². The number of para-hydroxylation sites is 1. The van der Waals surface area contributed by atoms with Crippen LogP contribution in [0, 0.1) is 5.92 Å². The Bertz CT molecular complexity index is 1130. The van der Waals surface area contributed by atoms with Gasteiger partial charge in [-0.2, -0.15) is 4.31 Å². The summed E-state index contributed by atoms with van der Waals surface area (Å²) in [6, 6.07) is 13.3. The van der Waals surface area contributed by atoms with Gasteiger partial charge in [-0.05, 0) is 43.7 Å². The van der Waals surface area contributed by atoms with Crippen molar-refractivity contribution in [1.29, 1.82) is 0 Å². The summed E-state index contributed by atoms with van der Waals surface area (Å²) in [5.41, 5.74) is 1.59. The van der Waals surface area contributed by atoms with Crippen molar-refractivity contribution in [3.05, 3.63) is 42.5 Å². The number of ether oxygens (including phenoxy) is 1. The molecular formula is C25H32N2O5S2. The predicted molar refractivity (Wildman–Crippen MR) is 135 cm³/mol. The number of nitrogens with zero attached hydrogens (tertiary/aromatic N) is 2. The lowest BCUT2D eigenvalue weighted by molar-refractivity contribution is -0.148. The van der Waals surface area contributed by atoms with Crippen LogP contribution in [0.1, 0.15) is 39.0 Å². The third kappa shape index (κ3) is 4.78. The Morgan fingerprint density at radius 1 is 1.21 bits per heavy atom. The van der Waals surface area contributed by atoms with Crippen LogP contribution in [0.2, 0.25) is 0 Å². The number of fused-ring (bicyclic) bond motifs is 1. The second kappa shape index (κ2) is 10.2. The smallest absolute Gasteiger partial charge is 0.306 e. The molecule has 1 aliphatic carbocycles. The molecule has 0 aromatic heterocycles. The molecule has 1 unspecified atom stereocenters. The van der Waals surface area contributed by atoms with Crippen LogP contribution in [0.3, 0.4) is 0 Å². The van der Waals surface area contributed by atoms with E-state index in [1.807, 2.05) is 42.7 Å². The van der Waals surface area contributed by atoms with E-state index in [2.05, 4.69) is 11.8 Å². The predicted octanol–water partition coefficient (Wildman–Crippen LogP) is 4.98. The van der Waals surface area contributed by atoms with E-state index in [9.17, 15) is 18.3 Å². The maximum atomic E-state index is 13.8. The third-order valence-electron chi connectivity index (χ3n) is 6.80. The summed E-state index contributed by atoms with van der Waals surface area (Å²) in [6.45, 7) is 2.67. The largest absolute Gasteiger partial charge is 0.489 e. The molecule has 184 valence electrons.